The third kappa shape index (κ3) is 3.20. The Balaban J connectivity index is 2.82. The van der Waals surface area contributed by atoms with Crippen LogP contribution in [0.4, 0.5) is 0 Å². The van der Waals surface area contributed by atoms with E-state index in [1.165, 1.54) is 0 Å². The standard InChI is InChI=1S/C12H14BrNO/c1-8(2)7-14-12(15)10-5-4-6-11(13)9(10)3/h4-6H,1,7H2,2-3H3,(H,14,15). The van der Waals surface area contributed by atoms with E-state index in [0.29, 0.717) is 12.1 Å². The predicted molar refractivity (Wildman–Crippen MR) is 66.0 cm³/mol. The van der Waals surface area contributed by atoms with Crippen LogP contribution in [0.5, 0.6) is 0 Å². The molecule has 1 N–H and O–H groups in total. The van der Waals surface area contributed by atoms with Gasteiger partial charge < -0.3 is 5.32 Å². The second-order valence-corrected chi connectivity index (χ2v) is 4.41. The molecule has 0 aliphatic carbocycles. The molecule has 1 aromatic carbocycles. The van der Waals surface area contributed by atoms with Crippen LogP contribution in [0.25, 0.3) is 0 Å². The number of halogens is 1. The van der Waals surface area contributed by atoms with Crippen LogP contribution < -0.4 is 5.32 Å². The molecule has 0 spiro atoms. The molecular weight excluding hydrogens is 254 g/mol. The fourth-order valence-electron chi connectivity index (χ4n) is 1.18. The molecule has 2 nitrogen and oxygen atoms in total. The van der Waals surface area contributed by atoms with Gasteiger partial charge in [-0.05, 0) is 31.5 Å². The Morgan fingerprint density at radius 2 is 2.20 bits per heavy atom. The number of nitrogens with one attached hydrogen (secondary N) is 1. The minimum absolute atomic E-state index is 0.0585. The Bertz CT molecular complexity index is 399. The Kier molecular flexibility index (Phi) is 4.09. The van der Waals surface area contributed by atoms with Crippen molar-refractivity contribution >= 4 is 21.8 Å². The predicted octanol–water partition coefficient (Wildman–Crippen LogP) is 3.06. The molecule has 1 amide bonds. The summed E-state index contributed by atoms with van der Waals surface area (Å²) in [6.45, 7) is 8.05. The molecule has 0 bridgehead atoms. The Labute approximate surface area is 98.5 Å². The van der Waals surface area contributed by atoms with Crippen molar-refractivity contribution in [1.29, 1.82) is 0 Å². The Morgan fingerprint density at radius 1 is 1.53 bits per heavy atom. The van der Waals surface area contributed by atoms with Crippen molar-refractivity contribution in [3.63, 3.8) is 0 Å². The van der Waals surface area contributed by atoms with Crippen molar-refractivity contribution < 1.29 is 4.79 Å². The zero-order chi connectivity index (χ0) is 11.4. The number of rotatable bonds is 3. The lowest BCUT2D eigenvalue weighted by Crippen LogP contribution is -2.25. The molecule has 0 atom stereocenters. The van der Waals surface area contributed by atoms with E-state index in [9.17, 15) is 4.79 Å². The molecule has 0 saturated heterocycles. The van der Waals surface area contributed by atoms with E-state index in [1.54, 1.807) is 0 Å². The van der Waals surface area contributed by atoms with Crippen LogP contribution in [0.3, 0.4) is 0 Å². The fraction of sp³-hybridized carbons (Fsp3) is 0.250. The molecule has 0 unspecified atom stereocenters. The van der Waals surface area contributed by atoms with Crippen LogP contribution >= 0.6 is 15.9 Å². The zero-order valence-electron chi connectivity index (χ0n) is 8.93. The fourth-order valence-corrected chi connectivity index (χ4v) is 1.55. The molecule has 15 heavy (non-hydrogen) atoms. The van der Waals surface area contributed by atoms with E-state index in [0.717, 1.165) is 15.6 Å². The summed E-state index contributed by atoms with van der Waals surface area (Å²) in [5.41, 5.74) is 2.60. The normalized spacial score (nSPS) is 9.80. The van der Waals surface area contributed by atoms with Gasteiger partial charge in [0.05, 0.1) is 0 Å². The van der Waals surface area contributed by atoms with Crippen molar-refractivity contribution in [3.8, 4) is 0 Å². The Hall–Kier alpha value is -1.09. The highest BCUT2D eigenvalue weighted by molar-refractivity contribution is 9.10. The van der Waals surface area contributed by atoms with Gasteiger partial charge in [-0.3, -0.25) is 4.79 Å². The number of benzene rings is 1. The molecular formula is C12H14BrNO. The number of hydrogen-bond acceptors (Lipinski definition) is 1. The summed E-state index contributed by atoms with van der Waals surface area (Å²) in [6.07, 6.45) is 0. The van der Waals surface area contributed by atoms with Gasteiger partial charge in [-0.15, -0.1) is 0 Å². The quantitative estimate of drug-likeness (QED) is 0.839. The highest BCUT2D eigenvalue weighted by Gasteiger charge is 2.09. The maximum absolute atomic E-state index is 11.7. The second kappa shape index (κ2) is 5.12. The second-order valence-electron chi connectivity index (χ2n) is 3.55. The van der Waals surface area contributed by atoms with E-state index < -0.39 is 0 Å². The smallest absolute Gasteiger partial charge is 0.251 e. The number of carbonyl (C=O) groups is 1. The molecule has 0 aromatic heterocycles. The maximum Gasteiger partial charge on any atom is 0.251 e. The number of carbonyl (C=O) groups excluding carboxylic acids is 1. The van der Waals surface area contributed by atoms with E-state index in [-0.39, 0.29) is 5.91 Å². The van der Waals surface area contributed by atoms with Crippen molar-refractivity contribution in [3.05, 3.63) is 46.0 Å². The molecule has 0 aliphatic heterocycles. The van der Waals surface area contributed by atoms with Crippen LogP contribution in [0.15, 0.2) is 34.8 Å². The van der Waals surface area contributed by atoms with Crippen LogP contribution in [-0.4, -0.2) is 12.5 Å². The minimum Gasteiger partial charge on any atom is -0.348 e. The van der Waals surface area contributed by atoms with E-state index in [4.69, 9.17) is 0 Å². The highest BCUT2D eigenvalue weighted by atomic mass is 79.9. The summed E-state index contributed by atoms with van der Waals surface area (Å²) in [5, 5.41) is 2.81. The molecule has 0 radical (unpaired) electrons. The summed E-state index contributed by atoms with van der Waals surface area (Å²) >= 11 is 3.40. The molecule has 0 saturated carbocycles. The summed E-state index contributed by atoms with van der Waals surface area (Å²) < 4.78 is 0.950. The highest BCUT2D eigenvalue weighted by Crippen LogP contribution is 2.19. The molecule has 3 heteroatoms. The van der Waals surface area contributed by atoms with Crippen molar-refractivity contribution in [2.24, 2.45) is 0 Å². The average Bonchev–Trinajstić information content (AvgIpc) is 2.18. The van der Waals surface area contributed by atoms with Gasteiger partial charge in [-0.2, -0.15) is 0 Å². The first kappa shape index (κ1) is 12.0. The average molecular weight is 268 g/mol. The lowest BCUT2D eigenvalue weighted by atomic mass is 10.1. The summed E-state index contributed by atoms with van der Waals surface area (Å²) in [4.78, 5) is 11.7. The van der Waals surface area contributed by atoms with Gasteiger partial charge in [-0.1, -0.05) is 34.1 Å². The SMILES string of the molecule is C=C(C)CNC(=O)c1cccc(Br)c1C. The molecule has 0 aliphatic rings. The number of amides is 1. The first-order chi connectivity index (χ1) is 7.02. The van der Waals surface area contributed by atoms with Gasteiger partial charge >= 0.3 is 0 Å². The third-order valence-corrected chi connectivity index (χ3v) is 2.92. The van der Waals surface area contributed by atoms with Crippen molar-refractivity contribution in [1.82, 2.24) is 5.32 Å². The van der Waals surface area contributed by atoms with Crippen LogP contribution in [0, 0.1) is 6.92 Å². The van der Waals surface area contributed by atoms with Crippen LogP contribution in [0.2, 0.25) is 0 Å². The maximum atomic E-state index is 11.7. The molecule has 1 rings (SSSR count). The van der Waals surface area contributed by atoms with Crippen LogP contribution in [0.1, 0.15) is 22.8 Å². The topological polar surface area (TPSA) is 29.1 Å². The first-order valence-corrected chi connectivity index (χ1v) is 5.49. The summed E-state index contributed by atoms with van der Waals surface area (Å²) in [7, 11) is 0. The van der Waals surface area contributed by atoms with E-state index in [1.807, 2.05) is 32.0 Å². The lowest BCUT2D eigenvalue weighted by Gasteiger charge is -2.08. The summed E-state index contributed by atoms with van der Waals surface area (Å²) in [6, 6.07) is 5.59. The summed E-state index contributed by atoms with van der Waals surface area (Å²) in [5.74, 6) is -0.0585. The van der Waals surface area contributed by atoms with E-state index in [2.05, 4.69) is 27.8 Å². The largest absolute Gasteiger partial charge is 0.348 e. The molecule has 0 heterocycles. The Morgan fingerprint density at radius 3 is 2.80 bits per heavy atom. The van der Waals surface area contributed by atoms with E-state index >= 15 is 0 Å². The van der Waals surface area contributed by atoms with Crippen LogP contribution in [-0.2, 0) is 0 Å². The lowest BCUT2D eigenvalue weighted by molar-refractivity contribution is 0.0956. The minimum atomic E-state index is -0.0585. The third-order valence-electron chi connectivity index (χ3n) is 2.06. The molecule has 80 valence electrons. The molecule has 1 aromatic rings. The number of hydrogen-bond donors (Lipinski definition) is 1. The van der Waals surface area contributed by atoms with Gasteiger partial charge in [0.25, 0.3) is 5.91 Å². The van der Waals surface area contributed by atoms with Gasteiger partial charge in [0, 0.05) is 16.6 Å². The van der Waals surface area contributed by atoms with Gasteiger partial charge in [0.15, 0.2) is 0 Å². The van der Waals surface area contributed by atoms with Gasteiger partial charge in [0.1, 0.15) is 0 Å². The monoisotopic (exact) mass is 267 g/mol. The molecule has 0 fully saturated rings. The zero-order valence-corrected chi connectivity index (χ0v) is 10.5. The van der Waals surface area contributed by atoms with Crippen molar-refractivity contribution in [2.75, 3.05) is 6.54 Å². The van der Waals surface area contributed by atoms with Gasteiger partial charge in [0.2, 0.25) is 0 Å². The van der Waals surface area contributed by atoms with Gasteiger partial charge in [-0.25, -0.2) is 0 Å². The first-order valence-electron chi connectivity index (χ1n) is 4.70. The van der Waals surface area contributed by atoms with Crippen molar-refractivity contribution in [2.45, 2.75) is 13.8 Å².